The zero-order valence-corrected chi connectivity index (χ0v) is 16.3. The van der Waals surface area contributed by atoms with Gasteiger partial charge in [-0.1, -0.05) is 40.7 Å². The summed E-state index contributed by atoms with van der Waals surface area (Å²) in [6.07, 6.45) is 6.16. The molecule has 1 N–H and O–H groups in total. The molecule has 134 valence electrons. The van der Waals surface area contributed by atoms with Crippen molar-refractivity contribution >= 4 is 21.9 Å². The average Bonchev–Trinajstić information content (AvgIpc) is 3.19. The lowest BCUT2D eigenvalue weighted by Gasteiger charge is -2.26. The van der Waals surface area contributed by atoms with Crippen molar-refractivity contribution in [1.82, 2.24) is 14.5 Å². The Labute approximate surface area is 155 Å². The third-order valence-electron chi connectivity index (χ3n) is 5.38. The van der Waals surface area contributed by atoms with Crippen molar-refractivity contribution in [2.24, 2.45) is 0 Å². The van der Waals surface area contributed by atoms with Gasteiger partial charge in [-0.3, -0.25) is 0 Å². The van der Waals surface area contributed by atoms with Crippen LogP contribution in [0.3, 0.4) is 0 Å². The monoisotopic (exact) mass is 345 g/mol. The number of hydrogen-bond acceptors (Lipinski definition) is 1. The summed E-state index contributed by atoms with van der Waals surface area (Å²) in [5, 5.41) is 2.48. The predicted molar refractivity (Wildman–Crippen MR) is 110 cm³/mol. The molecule has 1 aromatic carbocycles. The molecule has 0 saturated carbocycles. The number of rotatable bonds is 3. The van der Waals surface area contributed by atoms with Crippen molar-refractivity contribution in [3.8, 4) is 0 Å². The first-order valence-electron chi connectivity index (χ1n) is 9.27. The van der Waals surface area contributed by atoms with Gasteiger partial charge in [0.2, 0.25) is 0 Å². The zero-order valence-electron chi connectivity index (χ0n) is 16.3. The largest absolute Gasteiger partial charge is 0.347 e. The topological polar surface area (TPSA) is 33.6 Å². The molecule has 0 spiro atoms. The fraction of sp³-hybridized carbons (Fsp3) is 0.348. The average molecular weight is 345 g/mol. The first-order chi connectivity index (χ1) is 12.2. The molecule has 0 bridgehead atoms. The van der Waals surface area contributed by atoms with Crippen molar-refractivity contribution in [3.63, 3.8) is 0 Å². The molecule has 0 radical (unpaired) electrons. The van der Waals surface area contributed by atoms with Crippen LogP contribution in [0.5, 0.6) is 0 Å². The highest BCUT2D eigenvalue weighted by Gasteiger charge is 2.23. The fourth-order valence-electron chi connectivity index (χ4n) is 3.63. The number of nitrogens with one attached hydrogen (secondary N) is 1. The van der Waals surface area contributed by atoms with Crippen molar-refractivity contribution < 1.29 is 0 Å². The van der Waals surface area contributed by atoms with Crippen LogP contribution in [0.25, 0.3) is 21.9 Å². The molecule has 0 amide bonds. The van der Waals surface area contributed by atoms with Gasteiger partial charge in [-0.15, -0.1) is 0 Å². The lowest BCUT2D eigenvalue weighted by Crippen LogP contribution is -2.24. The number of aromatic amines is 1. The number of fused-ring (bicyclic) bond motifs is 2. The number of nitrogens with zero attached hydrogens (tertiary/aromatic N) is 2. The van der Waals surface area contributed by atoms with Gasteiger partial charge in [-0.25, -0.2) is 4.98 Å². The standard InChI is InChI=1S/C23H27N3/c1-22(2,3)18-6-7-20-16(12-18)9-11-26(20)15-23(4,5)19-13-17-8-10-24-21(17)25-14-19/h6-14H,15H2,1-5H3,(H,24,25). The predicted octanol–water partition coefficient (Wildman–Crippen LogP) is 5.79. The van der Waals surface area contributed by atoms with Gasteiger partial charge in [-0.2, -0.15) is 0 Å². The summed E-state index contributed by atoms with van der Waals surface area (Å²) >= 11 is 0. The maximum atomic E-state index is 4.57. The quantitative estimate of drug-likeness (QED) is 0.501. The Hall–Kier alpha value is -2.55. The summed E-state index contributed by atoms with van der Waals surface area (Å²) in [6.45, 7) is 12.3. The molecule has 3 nitrogen and oxygen atoms in total. The Morgan fingerprint density at radius 1 is 0.923 bits per heavy atom. The first kappa shape index (κ1) is 16.9. The number of pyridine rings is 1. The lowest BCUT2D eigenvalue weighted by molar-refractivity contribution is 0.442. The third kappa shape index (κ3) is 2.92. The Morgan fingerprint density at radius 2 is 1.69 bits per heavy atom. The molecule has 3 heteroatoms. The van der Waals surface area contributed by atoms with E-state index in [9.17, 15) is 0 Å². The van der Waals surface area contributed by atoms with Gasteiger partial charge >= 0.3 is 0 Å². The number of hydrogen-bond donors (Lipinski definition) is 1. The van der Waals surface area contributed by atoms with Gasteiger partial charge in [-0.05, 0) is 52.3 Å². The molecule has 26 heavy (non-hydrogen) atoms. The van der Waals surface area contributed by atoms with Crippen molar-refractivity contribution in [2.75, 3.05) is 0 Å². The maximum Gasteiger partial charge on any atom is 0.137 e. The van der Waals surface area contributed by atoms with Crippen LogP contribution in [0.2, 0.25) is 0 Å². The van der Waals surface area contributed by atoms with Crippen LogP contribution in [-0.2, 0) is 17.4 Å². The summed E-state index contributed by atoms with van der Waals surface area (Å²) in [6, 6.07) is 13.4. The highest BCUT2D eigenvalue weighted by molar-refractivity contribution is 5.81. The summed E-state index contributed by atoms with van der Waals surface area (Å²) in [5.41, 5.74) is 5.05. The van der Waals surface area contributed by atoms with Crippen molar-refractivity contribution in [2.45, 2.75) is 52.0 Å². The molecule has 0 unspecified atom stereocenters. The summed E-state index contributed by atoms with van der Waals surface area (Å²) < 4.78 is 2.36. The van der Waals surface area contributed by atoms with Crippen LogP contribution >= 0.6 is 0 Å². The second-order valence-corrected chi connectivity index (χ2v) is 8.99. The summed E-state index contributed by atoms with van der Waals surface area (Å²) in [5.74, 6) is 0. The number of aromatic nitrogens is 3. The minimum atomic E-state index is -0.00684. The van der Waals surface area contributed by atoms with E-state index in [1.807, 2.05) is 12.4 Å². The molecule has 0 saturated heterocycles. The zero-order chi connectivity index (χ0) is 18.5. The van der Waals surface area contributed by atoms with Crippen LogP contribution in [0.1, 0.15) is 45.7 Å². The molecule has 3 aromatic heterocycles. The molecule has 0 aliphatic rings. The number of benzene rings is 1. The summed E-state index contributed by atoms with van der Waals surface area (Å²) in [4.78, 5) is 7.74. The van der Waals surface area contributed by atoms with E-state index in [0.717, 1.165) is 12.2 Å². The minimum absolute atomic E-state index is 0.00684. The normalized spacial score (nSPS) is 13.0. The van der Waals surface area contributed by atoms with Gasteiger partial charge in [0, 0.05) is 41.5 Å². The first-order valence-corrected chi connectivity index (χ1v) is 9.27. The molecular formula is C23H27N3. The molecule has 0 atom stereocenters. The summed E-state index contributed by atoms with van der Waals surface area (Å²) in [7, 11) is 0. The third-order valence-corrected chi connectivity index (χ3v) is 5.38. The Balaban J connectivity index is 1.69. The Kier molecular flexibility index (Phi) is 3.72. The second-order valence-electron chi connectivity index (χ2n) is 8.99. The molecule has 0 aliphatic carbocycles. The van der Waals surface area contributed by atoms with Gasteiger partial charge < -0.3 is 9.55 Å². The second kappa shape index (κ2) is 5.73. The van der Waals surface area contributed by atoms with E-state index in [4.69, 9.17) is 0 Å². The molecule has 4 aromatic rings. The van der Waals surface area contributed by atoms with Gasteiger partial charge in [0.1, 0.15) is 5.65 Å². The number of H-pyrrole nitrogens is 1. The van der Waals surface area contributed by atoms with E-state index < -0.39 is 0 Å². The van der Waals surface area contributed by atoms with Crippen molar-refractivity contribution in [3.05, 3.63) is 66.1 Å². The van der Waals surface area contributed by atoms with Gasteiger partial charge in [0.05, 0.1) is 0 Å². The highest BCUT2D eigenvalue weighted by atomic mass is 15.0. The van der Waals surface area contributed by atoms with E-state index in [0.29, 0.717) is 0 Å². The Bertz CT molecular complexity index is 1070. The van der Waals surface area contributed by atoms with E-state index >= 15 is 0 Å². The van der Waals surface area contributed by atoms with E-state index in [2.05, 4.69) is 91.7 Å². The van der Waals surface area contributed by atoms with Crippen LogP contribution in [-0.4, -0.2) is 14.5 Å². The molecule has 0 fully saturated rings. The van der Waals surface area contributed by atoms with Crippen molar-refractivity contribution in [1.29, 1.82) is 0 Å². The van der Waals surface area contributed by atoms with Crippen LogP contribution in [0.4, 0.5) is 0 Å². The van der Waals surface area contributed by atoms with E-state index in [1.54, 1.807) is 0 Å². The lowest BCUT2D eigenvalue weighted by atomic mass is 9.85. The smallest absolute Gasteiger partial charge is 0.137 e. The van der Waals surface area contributed by atoms with E-state index in [-0.39, 0.29) is 10.8 Å². The minimum Gasteiger partial charge on any atom is -0.347 e. The van der Waals surface area contributed by atoms with E-state index in [1.165, 1.54) is 27.4 Å². The van der Waals surface area contributed by atoms with Crippen LogP contribution < -0.4 is 0 Å². The maximum absolute atomic E-state index is 4.57. The van der Waals surface area contributed by atoms with Gasteiger partial charge in [0.15, 0.2) is 0 Å². The highest BCUT2D eigenvalue weighted by Crippen LogP contribution is 2.31. The SMILES string of the molecule is CC(C)(C)c1ccc2c(ccn2CC(C)(C)c2cnc3[nH]ccc3c2)c1. The van der Waals surface area contributed by atoms with Crippen LogP contribution in [0.15, 0.2) is 55.0 Å². The van der Waals surface area contributed by atoms with Crippen LogP contribution in [0, 0.1) is 0 Å². The molecular weight excluding hydrogens is 318 g/mol. The Morgan fingerprint density at radius 3 is 2.46 bits per heavy atom. The molecule has 3 heterocycles. The fourth-order valence-corrected chi connectivity index (χ4v) is 3.63. The van der Waals surface area contributed by atoms with Gasteiger partial charge in [0.25, 0.3) is 0 Å². The molecule has 4 rings (SSSR count). The molecule has 0 aliphatic heterocycles.